The van der Waals surface area contributed by atoms with Crippen LogP contribution in [-0.4, -0.2) is 21.8 Å². The summed E-state index contributed by atoms with van der Waals surface area (Å²) in [6.07, 6.45) is 4.83. The Morgan fingerprint density at radius 3 is 2.32 bits per heavy atom. The zero-order chi connectivity index (χ0) is 13.7. The van der Waals surface area contributed by atoms with Gasteiger partial charge < -0.3 is 15.0 Å². The summed E-state index contributed by atoms with van der Waals surface area (Å²) in [4.78, 5) is 0. The first-order chi connectivity index (χ1) is 9.04. The molecule has 1 aromatic carbocycles. The van der Waals surface area contributed by atoms with Crippen LogP contribution in [0.1, 0.15) is 25.8 Å². The molecule has 2 rings (SSSR count). The highest BCUT2D eigenvalue weighted by molar-refractivity contribution is 5.35. The molecule has 0 atom stereocenters. The van der Waals surface area contributed by atoms with Crippen LogP contribution in [0.4, 0.5) is 0 Å². The van der Waals surface area contributed by atoms with Crippen molar-refractivity contribution in [2.24, 2.45) is 0 Å². The van der Waals surface area contributed by atoms with E-state index in [1.807, 2.05) is 38.4 Å². The molecule has 1 aromatic heterocycles. The maximum Gasteiger partial charge on any atom is 0.0603 e. The molecule has 0 aliphatic carbocycles. The molecule has 2 aromatic rings. The molecule has 0 fully saturated rings. The van der Waals surface area contributed by atoms with Crippen LogP contribution in [0.15, 0.2) is 48.8 Å². The van der Waals surface area contributed by atoms with E-state index in [9.17, 15) is 5.11 Å². The summed E-state index contributed by atoms with van der Waals surface area (Å²) in [5.41, 5.74) is 1.84. The molecule has 0 aliphatic heterocycles. The summed E-state index contributed by atoms with van der Waals surface area (Å²) in [6, 6.07) is 12.5. The van der Waals surface area contributed by atoms with Crippen LogP contribution in [-0.2, 0) is 6.54 Å². The van der Waals surface area contributed by atoms with Crippen LogP contribution in [0, 0.1) is 0 Å². The number of aromatic nitrogens is 1. The van der Waals surface area contributed by atoms with Crippen LogP contribution in [0.3, 0.4) is 0 Å². The summed E-state index contributed by atoms with van der Waals surface area (Å²) in [5.74, 6) is 0. The second-order valence-corrected chi connectivity index (χ2v) is 5.50. The van der Waals surface area contributed by atoms with E-state index in [1.54, 1.807) is 0 Å². The van der Waals surface area contributed by atoms with Gasteiger partial charge >= 0.3 is 0 Å². The van der Waals surface area contributed by atoms with Gasteiger partial charge in [0.05, 0.1) is 5.60 Å². The molecule has 0 radical (unpaired) electrons. The largest absolute Gasteiger partial charge is 0.390 e. The molecule has 2 N–H and O–H groups in total. The standard InChI is InChI=1S/C16H22N2O/c1-16(2,19)9-10-17-13-14-5-7-15(8-6-14)18-11-3-4-12-18/h3-8,11-12,17,19H,9-10,13H2,1-2H3. The van der Waals surface area contributed by atoms with Gasteiger partial charge in [0.1, 0.15) is 0 Å². The SMILES string of the molecule is CC(C)(O)CCNCc1ccc(-n2cccc2)cc1. The topological polar surface area (TPSA) is 37.2 Å². The van der Waals surface area contributed by atoms with E-state index in [0.29, 0.717) is 0 Å². The van der Waals surface area contributed by atoms with Crippen LogP contribution in [0.5, 0.6) is 0 Å². The van der Waals surface area contributed by atoms with Crippen molar-refractivity contribution >= 4 is 0 Å². The Morgan fingerprint density at radius 1 is 1.11 bits per heavy atom. The van der Waals surface area contributed by atoms with Crippen LogP contribution < -0.4 is 5.32 Å². The Morgan fingerprint density at radius 2 is 1.74 bits per heavy atom. The Bertz CT molecular complexity index is 480. The summed E-state index contributed by atoms with van der Waals surface area (Å²) in [5, 5.41) is 13.0. The number of nitrogens with zero attached hydrogens (tertiary/aromatic N) is 1. The number of hydrogen-bond donors (Lipinski definition) is 2. The lowest BCUT2D eigenvalue weighted by atomic mass is 10.1. The van der Waals surface area contributed by atoms with Gasteiger partial charge in [-0.3, -0.25) is 0 Å². The third-order valence-electron chi connectivity index (χ3n) is 3.08. The minimum Gasteiger partial charge on any atom is -0.390 e. The first-order valence-electron chi connectivity index (χ1n) is 6.70. The second-order valence-electron chi connectivity index (χ2n) is 5.50. The van der Waals surface area contributed by atoms with Crippen LogP contribution in [0.2, 0.25) is 0 Å². The Kier molecular flexibility index (Phi) is 4.40. The zero-order valence-electron chi connectivity index (χ0n) is 11.6. The minimum atomic E-state index is -0.592. The predicted octanol–water partition coefficient (Wildman–Crippen LogP) is 2.73. The van der Waals surface area contributed by atoms with Crippen molar-refractivity contribution in [1.29, 1.82) is 0 Å². The lowest BCUT2D eigenvalue weighted by Crippen LogP contribution is -2.26. The van der Waals surface area contributed by atoms with Crippen molar-refractivity contribution in [1.82, 2.24) is 9.88 Å². The van der Waals surface area contributed by atoms with Crippen LogP contribution in [0.25, 0.3) is 5.69 Å². The van der Waals surface area contributed by atoms with E-state index in [-0.39, 0.29) is 0 Å². The molecule has 0 saturated heterocycles. The fraction of sp³-hybridized carbons (Fsp3) is 0.375. The van der Waals surface area contributed by atoms with E-state index in [4.69, 9.17) is 0 Å². The van der Waals surface area contributed by atoms with E-state index in [0.717, 1.165) is 19.5 Å². The minimum absolute atomic E-state index is 0.592. The highest BCUT2D eigenvalue weighted by Crippen LogP contribution is 2.10. The average molecular weight is 258 g/mol. The van der Waals surface area contributed by atoms with Gasteiger partial charge in [0.25, 0.3) is 0 Å². The van der Waals surface area contributed by atoms with Gasteiger partial charge in [-0.05, 0) is 56.6 Å². The normalized spacial score (nSPS) is 11.7. The van der Waals surface area contributed by atoms with Gasteiger partial charge in [-0.2, -0.15) is 0 Å². The van der Waals surface area contributed by atoms with E-state index in [1.165, 1.54) is 11.3 Å². The molecule has 0 unspecified atom stereocenters. The van der Waals surface area contributed by atoms with Crippen molar-refractivity contribution in [3.8, 4) is 5.69 Å². The molecule has 0 bridgehead atoms. The van der Waals surface area contributed by atoms with Gasteiger partial charge in [-0.25, -0.2) is 0 Å². The third-order valence-corrected chi connectivity index (χ3v) is 3.08. The van der Waals surface area contributed by atoms with Crippen molar-refractivity contribution < 1.29 is 5.11 Å². The van der Waals surface area contributed by atoms with Crippen LogP contribution >= 0.6 is 0 Å². The Balaban J connectivity index is 1.83. The molecule has 0 spiro atoms. The highest BCUT2D eigenvalue weighted by Gasteiger charge is 2.10. The van der Waals surface area contributed by atoms with Gasteiger partial charge in [0.2, 0.25) is 0 Å². The lowest BCUT2D eigenvalue weighted by molar-refractivity contribution is 0.0711. The number of hydrogen-bond acceptors (Lipinski definition) is 2. The fourth-order valence-corrected chi connectivity index (χ4v) is 1.92. The average Bonchev–Trinajstić information content (AvgIpc) is 2.88. The summed E-state index contributed by atoms with van der Waals surface area (Å²) in [6.45, 7) is 5.33. The van der Waals surface area contributed by atoms with Gasteiger partial charge in [-0.1, -0.05) is 12.1 Å². The lowest BCUT2D eigenvalue weighted by Gasteiger charge is -2.17. The number of aliphatic hydroxyl groups is 1. The molecule has 3 heteroatoms. The molecular weight excluding hydrogens is 236 g/mol. The maximum atomic E-state index is 9.61. The number of benzene rings is 1. The molecule has 0 aliphatic rings. The van der Waals surface area contributed by atoms with Crippen molar-refractivity contribution in [3.63, 3.8) is 0 Å². The first kappa shape index (κ1) is 13.8. The summed E-state index contributed by atoms with van der Waals surface area (Å²) >= 11 is 0. The second kappa shape index (κ2) is 6.04. The Hall–Kier alpha value is -1.58. The van der Waals surface area contributed by atoms with Crippen molar-refractivity contribution in [2.75, 3.05) is 6.54 Å². The van der Waals surface area contributed by atoms with E-state index >= 15 is 0 Å². The smallest absolute Gasteiger partial charge is 0.0603 e. The third kappa shape index (κ3) is 4.54. The highest BCUT2D eigenvalue weighted by atomic mass is 16.3. The molecule has 102 valence electrons. The molecular formula is C16H22N2O. The number of nitrogens with one attached hydrogen (secondary N) is 1. The quantitative estimate of drug-likeness (QED) is 0.782. The molecule has 3 nitrogen and oxygen atoms in total. The van der Waals surface area contributed by atoms with Gasteiger partial charge in [0, 0.05) is 24.6 Å². The maximum absolute atomic E-state index is 9.61. The zero-order valence-corrected chi connectivity index (χ0v) is 11.6. The monoisotopic (exact) mass is 258 g/mol. The Labute approximate surface area is 114 Å². The number of rotatable bonds is 6. The molecule has 1 heterocycles. The fourth-order valence-electron chi connectivity index (χ4n) is 1.92. The first-order valence-corrected chi connectivity index (χ1v) is 6.70. The molecule has 19 heavy (non-hydrogen) atoms. The van der Waals surface area contributed by atoms with Gasteiger partial charge in [-0.15, -0.1) is 0 Å². The van der Waals surface area contributed by atoms with Crippen molar-refractivity contribution in [3.05, 3.63) is 54.4 Å². The van der Waals surface area contributed by atoms with E-state index < -0.39 is 5.60 Å². The predicted molar refractivity (Wildman–Crippen MR) is 78.4 cm³/mol. The van der Waals surface area contributed by atoms with Gasteiger partial charge in [0.15, 0.2) is 0 Å². The molecule has 0 saturated carbocycles. The van der Waals surface area contributed by atoms with Crippen molar-refractivity contribution in [2.45, 2.75) is 32.4 Å². The molecule has 0 amide bonds. The summed E-state index contributed by atoms with van der Waals surface area (Å²) in [7, 11) is 0. The summed E-state index contributed by atoms with van der Waals surface area (Å²) < 4.78 is 2.09. The van der Waals surface area contributed by atoms with E-state index in [2.05, 4.69) is 34.1 Å².